The second-order valence-electron chi connectivity index (χ2n) is 6.55. The van der Waals surface area contributed by atoms with E-state index >= 15 is 0 Å². The quantitative estimate of drug-likeness (QED) is 0.774. The maximum absolute atomic E-state index is 10.5. The molecule has 3 nitrogen and oxygen atoms in total. The van der Waals surface area contributed by atoms with Crippen molar-refractivity contribution >= 4 is 21.6 Å². The zero-order valence-corrected chi connectivity index (χ0v) is 14.5. The van der Waals surface area contributed by atoms with E-state index in [1.165, 1.54) is 22.5 Å². The summed E-state index contributed by atoms with van der Waals surface area (Å²) in [4.78, 5) is 7.22. The summed E-state index contributed by atoms with van der Waals surface area (Å²) >= 11 is 1.82. The average Bonchev–Trinajstić information content (AvgIpc) is 3.07. The van der Waals surface area contributed by atoms with Gasteiger partial charge in [0, 0.05) is 19.0 Å². The van der Waals surface area contributed by atoms with Crippen molar-refractivity contribution < 1.29 is 5.11 Å². The highest BCUT2D eigenvalue weighted by Gasteiger charge is 2.25. The van der Waals surface area contributed by atoms with Crippen LogP contribution in [0.25, 0.3) is 10.2 Å². The lowest BCUT2D eigenvalue weighted by atomic mass is 9.98. The summed E-state index contributed by atoms with van der Waals surface area (Å²) in [6.45, 7) is 2.75. The van der Waals surface area contributed by atoms with Gasteiger partial charge < -0.3 is 5.11 Å². The minimum atomic E-state index is -0.416. The molecule has 1 saturated heterocycles. The standard InChI is InChI=1S/C20H22N2OS/c23-18(15-7-2-1-3-8-15)14-22-12-6-9-16(13-22)20-21-17-10-4-5-11-19(17)24-20/h1-5,7-8,10-11,16,18,23H,6,9,12-14H2/t16-,18+/m1/s1. The van der Waals surface area contributed by atoms with Gasteiger partial charge in [0.1, 0.15) is 0 Å². The first-order valence-corrected chi connectivity index (χ1v) is 9.42. The highest BCUT2D eigenvalue weighted by Crippen LogP contribution is 2.33. The van der Waals surface area contributed by atoms with Crippen LogP contribution in [0.5, 0.6) is 0 Å². The third-order valence-corrected chi connectivity index (χ3v) is 5.98. The number of para-hydroxylation sites is 1. The highest BCUT2D eigenvalue weighted by molar-refractivity contribution is 7.18. The van der Waals surface area contributed by atoms with E-state index in [0.29, 0.717) is 12.5 Å². The lowest BCUT2D eigenvalue weighted by molar-refractivity contribution is 0.0955. The number of hydrogen-bond donors (Lipinski definition) is 1. The Morgan fingerprint density at radius 2 is 1.92 bits per heavy atom. The lowest BCUT2D eigenvalue weighted by Gasteiger charge is -2.33. The Bertz CT molecular complexity index is 769. The summed E-state index contributed by atoms with van der Waals surface area (Å²) in [6, 6.07) is 18.3. The molecule has 124 valence electrons. The summed E-state index contributed by atoms with van der Waals surface area (Å²) in [5.41, 5.74) is 2.11. The van der Waals surface area contributed by atoms with E-state index in [1.807, 2.05) is 41.7 Å². The largest absolute Gasteiger partial charge is 0.387 e. The van der Waals surface area contributed by atoms with Gasteiger partial charge in [0.15, 0.2) is 0 Å². The summed E-state index contributed by atoms with van der Waals surface area (Å²) in [6.07, 6.45) is 1.94. The van der Waals surface area contributed by atoms with Gasteiger partial charge in [-0.3, -0.25) is 4.90 Å². The van der Waals surface area contributed by atoms with Crippen LogP contribution in [-0.4, -0.2) is 34.6 Å². The molecular formula is C20H22N2OS. The number of aliphatic hydroxyl groups excluding tert-OH is 1. The fourth-order valence-corrected chi connectivity index (χ4v) is 4.61. The van der Waals surface area contributed by atoms with Gasteiger partial charge in [-0.05, 0) is 37.1 Å². The second kappa shape index (κ2) is 7.01. The minimum Gasteiger partial charge on any atom is -0.387 e. The molecule has 1 aliphatic rings. The van der Waals surface area contributed by atoms with Gasteiger partial charge in [-0.25, -0.2) is 4.98 Å². The van der Waals surface area contributed by atoms with Crippen molar-refractivity contribution in [3.63, 3.8) is 0 Å². The number of fused-ring (bicyclic) bond motifs is 1. The molecule has 24 heavy (non-hydrogen) atoms. The predicted molar refractivity (Wildman–Crippen MR) is 99.4 cm³/mol. The third kappa shape index (κ3) is 3.36. The van der Waals surface area contributed by atoms with Crippen molar-refractivity contribution in [2.45, 2.75) is 24.9 Å². The van der Waals surface area contributed by atoms with Gasteiger partial charge in [-0.2, -0.15) is 0 Å². The van der Waals surface area contributed by atoms with E-state index in [1.54, 1.807) is 0 Å². The summed E-state index contributed by atoms with van der Waals surface area (Å²) in [7, 11) is 0. The van der Waals surface area contributed by atoms with E-state index < -0.39 is 6.10 Å². The Morgan fingerprint density at radius 3 is 2.75 bits per heavy atom. The summed E-state index contributed by atoms with van der Waals surface area (Å²) in [5.74, 6) is 0.485. The molecule has 1 fully saturated rings. The molecule has 3 aromatic rings. The van der Waals surface area contributed by atoms with Crippen molar-refractivity contribution in [2.24, 2.45) is 0 Å². The van der Waals surface area contributed by atoms with Crippen molar-refractivity contribution in [1.82, 2.24) is 9.88 Å². The number of piperidine rings is 1. The summed E-state index contributed by atoms with van der Waals surface area (Å²) < 4.78 is 1.27. The number of likely N-dealkylation sites (tertiary alicyclic amines) is 1. The van der Waals surface area contributed by atoms with E-state index in [0.717, 1.165) is 24.2 Å². The highest BCUT2D eigenvalue weighted by atomic mass is 32.1. The SMILES string of the molecule is O[C@@H](CN1CCC[C@@H](c2nc3ccccc3s2)C1)c1ccccc1. The fourth-order valence-electron chi connectivity index (χ4n) is 3.51. The van der Waals surface area contributed by atoms with Crippen LogP contribution < -0.4 is 0 Å². The number of thiazole rings is 1. The van der Waals surface area contributed by atoms with Gasteiger partial charge >= 0.3 is 0 Å². The number of benzene rings is 2. The number of hydrogen-bond acceptors (Lipinski definition) is 4. The number of nitrogens with zero attached hydrogens (tertiary/aromatic N) is 2. The second-order valence-corrected chi connectivity index (χ2v) is 7.61. The van der Waals surface area contributed by atoms with E-state index in [2.05, 4.69) is 29.2 Å². The van der Waals surface area contributed by atoms with Crippen LogP contribution in [0, 0.1) is 0 Å². The number of aliphatic hydroxyl groups is 1. The van der Waals surface area contributed by atoms with Crippen LogP contribution in [0.3, 0.4) is 0 Å². The predicted octanol–water partition coefficient (Wildman–Crippen LogP) is 4.21. The van der Waals surface area contributed by atoms with Crippen LogP contribution in [0.1, 0.15) is 35.4 Å². The van der Waals surface area contributed by atoms with Gasteiger partial charge in [0.05, 0.1) is 21.3 Å². The van der Waals surface area contributed by atoms with Crippen LogP contribution in [0.2, 0.25) is 0 Å². The first-order valence-electron chi connectivity index (χ1n) is 8.60. The van der Waals surface area contributed by atoms with Crippen LogP contribution in [0.15, 0.2) is 54.6 Å². The molecule has 2 atom stereocenters. The maximum Gasteiger partial charge on any atom is 0.0982 e. The molecule has 2 aromatic carbocycles. The average molecular weight is 338 g/mol. The molecule has 1 aliphatic heterocycles. The monoisotopic (exact) mass is 338 g/mol. The zero-order chi connectivity index (χ0) is 16.4. The molecule has 0 spiro atoms. The number of rotatable bonds is 4. The number of aromatic nitrogens is 1. The third-order valence-electron chi connectivity index (χ3n) is 4.78. The first kappa shape index (κ1) is 15.8. The van der Waals surface area contributed by atoms with E-state index in [-0.39, 0.29) is 0 Å². The van der Waals surface area contributed by atoms with Crippen molar-refractivity contribution in [2.75, 3.05) is 19.6 Å². The molecule has 0 bridgehead atoms. The molecule has 0 radical (unpaired) electrons. The van der Waals surface area contributed by atoms with E-state index in [9.17, 15) is 5.11 Å². The van der Waals surface area contributed by atoms with Gasteiger partial charge in [0.25, 0.3) is 0 Å². The molecule has 1 aromatic heterocycles. The molecule has 4 rings (SSSR count). The van der Waals surface area contributed by atoms with E-state index in [4.69, 9.17) is 4.98 Å². The smallest absolute Gasteiger partial charge is 0.0982 e. The lowest BCUT2D eigenvalue weighted by Crippen LogP contribution is -2.37. The van der Waals surface area contributed by atoms with Gasteiger partial charge in [-0.15, -0.1) is 11.3 Å². The van der Waals surface area contributed by atoms with Gasteiger partial charge in [-0.1, -0.05) is 42.5 Å². The Kier molecular flexibility index (Phi) is 4.60. The van der Waals surface area contributed by atoms with Crippen LogP contribution >= 0.6 is 11.3 Å². The molecule has 4 heteroatoms. The normalized spacial score (nSPS) is 20.3. The molecule has 0 unspecified atom stereocenters. The molecule has 2 heterocycles. The van der Waals surface area contributed by atoms with Crippen LogP contribution in [0.4, 0.5) is 0 Å². The summed E-state index contributed by atoms with van der Waals surface area (Å²) in [5, 5.41) is 11.7. The van der Waals surface area contributed by atoms with Crippen molar-refractivity contribution in [3.8, 4) is 0 Å². The number of β-amino-alcohol motifs (C(OH)–C–C–N with tert-alkyl or cyclic N) is 1. The zero-order valence-electron chi connectivity index (χ0n) is 13.6. The van der Waals surface area contributed by atoms with Crippen LogP contribution in [-0.2, 0) is 0 Å². The Labute approximate surface area is 146 Å². The Balaban J connectivity index is 1.45. The van der Waals surface area contributed by atoms with Crippen molar-refractivity contribution in [1.29, 1.82) is 0 Å². The molecule has 0 aliphatic carbocycles. The first-order chi connectivity index (χ1) is 11.8. The Morgan fingerprint density at radius 1 is 1.12 bits per heavy atom. The topological polar surface area (TPSA) is 36.4 Å². The molecule has 0 amide bonds. The van der Waals surface area contributed by atoms with Crippen molar-refractivity contribution in [3.05, 3.63) is 65.2 Å². The Hall–Kier alpha value is -1.75. The minimum absolute atomic E-state index is 0.416. The maximum atomic E-state index is 10.5. The molecule has 0 saturated carbocycles. The fraction of sp³-hybridized carbons (Fsp3) is 0.350. The van der Waals surface area contributed by atoms with Gasteiger partial charge in [0.2, 0.25) is 0 Å². The molecular weight excluding hydrogens is 316 g/mol. The molecule has 1 N–H and O–H groups in total.